The van der Waals surface area contributed by atoms with E-state index in [4.69, 9.17) is 14.3 Å². The Bertz CT molecular complexity index is 345. The predicted octanol–water partition coefficient (Wildman–Crippen LogP) is 2.02. The van der Waals surface area contributed by atoms with Gasteiger partial charge >= 0.3 is 11.9 Å². The smallest absolute Gasteiger partial charge is 0.310 e. The number of aliphatic carboxylic acids is 1. The van der Waals surface area contributed by atoms with Crippen LogP contribution in [0.2, 0.25) is 18.1 Å². The van der Waals surface area contributed by atoms with E-state index in [2.05, 4.69) is 33.9 Å². The van der Waals surface area contributed by atoms with Crippen molar-refractivity contribution in [3.63, 3.8) is 0 Å². The standard InChI is InChI=1S/C12H22O5Si/c1-12(2,3)18(4,5)16-7-9-8(11(14)15)6-10(13)17-9/h8-9H,6-7H2,1-5H3,(H,14,15)/t8-,9+/m1/s1. The Morgan fingerprint density at radius 1 is 1.50 bits per heavy atom. The van der Waals surface area contributed by atoms with E-state index in [9.17, 15) is 9.59 Å². The minimum absolute atomic E-state index is 0.0499. The molecule has 18 heavy (non-hydrogen) atoms. The van der Waals surface area contributed by atoms with E-state index >= 15 is 0 Å². The van der Waals surface area contributed by atoms with Crippen molar-refractivity contribution in [2.45, 2.75) is 51.4 Å². The number of carbonyl (C=O) groups is 2. The van der Waals surface area contributed by atoms with Crippen molar-refractivity contribution in [3.05, 3.63) is 0 Å². The molecule has 6 heteroatoms. The van der Waals surface area contributed by atoms with Gasteiger partial charge in [0.1, 0.15) is 12.0 Å². The van der Waals surface area contributed by atoms with E-state index in [1.54, 1.807) is 0 Å². The zero-order valence-corrected chi connectivity index (χ0v) is 12.6. The summed E-state index contributed by atoms with van der Waals surface area (Å²) in [5, 5.41) is 9.06. The third-order valence-electron chi connectivity index (χ3n) is 3.85. The lowest BCUT2D eigenvalue weighted by atomic mass is 10.0. The fourth-order valence-electron chi connectivity index (χ4n) is 1.51. The maximum atomic E-state index is 11.2. The third-order valence-corrected chi connectivity index (χ3v) is 8.35. The molecule has 0 saturated carbocycles. The summed E-state index contributed by atoms with van der Waals surface area (Å²) in [4.78, 5) is 22.2. The van der Waals surface area contributed by atoms with Crippen LogP contribution in [-0.4, -0.2) is 38.1 Å². The average molecular weight is 274 g/mol. The number of rotatable bonds is 4. The number of esters is 1. The molecule has 104 valence electrons. The maximum absolute atomic E-state index is 11.2. The second kappa shape index (κ2) is 5.01. The Labute approximate surface area is 109 Å². The van der Waals surface area contributed by atoms with Crippen LogP contribution in [0.5, 0.6) is 0 Å². The fourth-order valence-corrected chi connectivity index (χ4v) is 2.53. The van der Waals surface area contributed by atoms with Gasteiger partial charge in [-0.1, -0.05) is 20.8 Å². The van der Waals surface area contributed by atoms with Crippen LogP contribution in [-0.2, 0) is 18.8 Å². The first-order chi connectivity index (χ1) is 8.04. The quantitative estimate of drug-likeness (QED) is 0.627. The number of carboxylic acids is 1. The minimum atomic E-state index is -1.94. The van der Waals surface area contributed by atoms with Crippen LogP contribution in [0.3, 0.4) is 0 Å². The Balaban J connectivity index is 2.63. The van der Waals surface area contributed by atoms with Crippen molar-refractivity contribution < 1.29 is 23.9 Å². The number of hydrogen-bond acceptors (Lipinski definition) is 4. The highest BCUT2D eigenvalue weighted by Crippen LogP contribution is 2.37. The average Bonchev–Trinajstić information content (AvgIpc) is 2.55. The van der Waals surface area contributed by atoms with Crippen molar-refractivity contribution in [3.8, 4) is 0 Å². The van der Waals surface area contributed by atoms with Crippen LogP contribution in [0.15, 0.2) is 0 Å². The van der Waals surface area contributed by atoms with Gasteiger partial charge in [0.05, 0.1) is 13.0 Å². The largest absolute Gasteiger partial charge is 0.481 e. The molecule has 1 heterocycles. The van der Waals surface area contributed by atoms with E-state index in [-0.39, 0.29) is 18.1 Å². The first-order valence-corrected chi connectivity index (χ1v) is 9.01. The number of hydrogen-bond donors (Lipinski definition) is 1. The van der Waals surface area contributed by atoms with Crippen molar-refractivity contribution >= 4 is 20.3 Å². The molecule has 5 nitrogen and oxygen atoms in total. The molecule has 0 bridgehead atoms. The summed E-state index contributed by atoms with van der Waals surface area (Å²) in [7, 11) is -1.94. The molecule has 0 aromatic carbocycles. The molecule has 1 rings (SSSR count). The molecule has 0 amide bonds. The molecular formula is C12H22O5Si. The minimum Gasteiger partial charge on any atom is -0.481 e. The van der Waals surface area contributed by atoms with Crippen LogP contribution in [0, 0.1) is 5.92 Å². The van der Waals surface area contributed by atoms with Gasteiger partial charge in [0.25, 0.3) is 0 Å². The van der Waals surface area contributed by atoms with Crippen LogP contribution in [0.4, 0.5) is 0 Å². The summed E-state index contributed by atoms with van der Waals surface area (Å²) in [6, 6.07) is 0. The normalized spacial score (nSPS) is 25.1. The van der Waals surface area contributed by atoms with Gasteiger partial charge in [0, 0.05) is 0 Å². The van der Waals surface area contributed by atoms with E-state index in [1.807, 2.05) is 0 Å². The SMILES string of the molecule is CC(C)(C)[Si](C)(C)OC[C@@H]1OC(=O)C[C@H]1C(=O)O. The summed E-state index contributed by atoms with van der Waals surface area (Å²) in [6.45, 7) is 10.7. The maximum Gasteiger partial charge on any atom is 0.310 e. The third kappa shape index (κ3) is 3.32. The zero-order chi connectivity index (χ0) is 14.1. The molecule has 0 radical (unpaired) electrons. The summed E-state index contributed by atoms with van der Waals surface area (Å²) < 4.78 is 10.9. The van der Waals surface area contributed by atoms with Crippen molar-refractivity contribution in [1.29, 1.82) is 0 Å². The number of ether oxygens (including phenoxy) is 1. The summed E-state index contributed by atoms with van der Waals surface area (Å²) in [5.41, 5.74) is 0. The fraction of sp³-hybridized carbons (Fsp3) is 0.833. The number of cyclic esters (lactones) is 1. The molecule has 1 saturated heterocycles. The van der Waals surface area contributed by atoms with Gasteiger partial charge in [-0.25, -0.2) is 0 Å². The molecule has 2 atom stereocenters. The summed E-state index contributed by atoms with van der Waals surface area (Å²) in [6.07, 6.45) is -0.704. The van der Waals surface area contributed by atoms with Crippen LogP contribution in [0.1, 0.15) is 27.2 Å². The highest BCUT2D eigenvalue weighted by atomic mass is 28.4. The molecule has 0 aliphatic carbocycles. The molecule has 1 fully saturated rings. The lowest BCUT2D eigenvalue weighted by Gasteiger charge is -2.37. The molecule has 0 unspecified atom stereocenters. The van der Waals surface area contributed by atoms with Crippen molar-refractivity contribution in [2.24, 2.45) is 5.92 Å². The highest BCUT2D eigenvalue weighted by Gasteiger charge is 2.43. The molecule has 1 N–H and O–H groups in total. The van der Waals surface area contributed by atoms with Crippen molar-refractivity contribution in [1.82, 2.24) is 0 Å². The van der Waals surface area contributed by atoms with Gasteiger partial charge in [-0.2, -0.15) is 0 Å². The van der Waals surface area contributed by atoms with E-state index in [0.29, 0.717) is 0 Å². The molecule has 0 aromatic heterocycles. The van der Waals surface area contributed by atoms with Crippen LogP contribution < -0.4 is 0 Å². The molecular weight excluding hydrogens is 252 g/mol. The second-order valence-corrected chi connectivity index (χ2v) is 11.1. The molecule has 1 aliphatic rings. The lowest BCUT2D eigenvalue weighted by molar-refractivity contribution is -0.145. The second-order valence-electron chi connectivity index (χ2n) is 6.25. The Morgan fingerprint density at radius 2 is 2.06 bits per heavy atom. The van der Waals surface area contributed by atoms with E-state index < -0.39 is 32.3 Å². The topological polar surface area (TPSA) is 72.8 Å². The summed E-state index contributed by atoms with van der Waals surface area (Å²) >= 11 is 0. The number of carboxylic acid groups (broad SMARTS) is 1. The molecule has 0 spiro atoms. The Hall–Kier alpha value is -0.883. The van der Waals surface area contributed by atoms with Gasteiger partial charge in [-0.3, -0.25) is 9.59 Å². The Morgan fingerprint density at radius 3 is 2.50 bits per heavy atom. The van der Waals surface area contributed by atoms with Gasteiger partial charge in [-0.15, -0.1) is 0 Å². The van der Waals surface area contributed by atoms with E-state index in [1.165, 1.54) is 0 Å². The summed E-state index contributed by atoms with van der Waals surface area (Å²) in [5.74, 6) is -2.22. The van der Waals surface area contributed by atoms with Gasteiger partial charge in [0.15, 0.2) is 8.32 Å². The first-order valence-electron chi connectivity index (χ1n) is 6.11. The molecule has 0 aromatic rings. The van der Waals surface area contributed by atoms with Crippen LogP contribution in [0.25, 0.3) is 0 Å². The first kappa shape index (κ1) is 15.2. The zero-order valence-electron chi connectivity index (χ0n) is 11.6. The monoisotopic (exact) mass is 274 g/mol. The van der Waals surface area contributed by atoms with Gasteiger partial charge < -0.3 is 14.3 Å². The highest BCUT2D eigenvalue weighted by molar-refractivity contribution is 6.74. The predicted molar refractivity (Wildman–Crippen MR) is 68.8 cm³/mol. The lowest BCUT2D eigenvalue weighted by Crippen LogP contribution is -2.43. The van der Waals surface area contributed by atoms with E-state index in [0.717, 1.165) is 0 Å². The molecule has 1 aliphatic heterocycles. The Kier molecular flexibility index (Phi) is 4.22. The number of carbonyl (C=O) groups excluding carboxylic acids is 1. The van der Waals surface area contributed by atoms with Crippen LogP contribution >= 0.6 is 0 Å². The van der Waals surface area contributed by atoms with Gasteiger partial charge in [-0.05, 0) is 18.1 Å². The van der Waals surface area contributed by atoms with Crippen molar-refractivity contribution in [2.75, 3.05) is 6.61 Å². The van der Waals surface area contributed by atoms with Gasteiger partial charge in [0.2, 0.25) is 0 Å².